The Bertz CT molecular complexity index is 7430. The van der Waals surface area contributed by atoms with Crippen molar-refractivity contribution in [2.45, 2.75) is 0 Å². The lowest BCUT2D eigenvalue weighted by Gasteiger charge is -2.27. The summed E-state index contributed by atoms with van der Waals surface area (Å²) in [7, 11) is 0. The van der Waals surface area contributed by atoms with Crippen molar-refractivity contribution in [3.8, 4) is 68.3 Å². The van der Waals surface area contributed by atoms with Gasteiger partial charge in [-0.15, -0.1) is 22.7 Å². The first-order chi connectivity index (χ1) is 50.6. The lowest BCUT2D eigenvalue weighted by molar-refractivity contribution is 1.03. The number of benzene rings is 16. The summed E-state index contributed by atoms with van der Waals surface area (Å²) in [5.41, 5.74) is 16.9. The maximum absolute atomic E-state index is 13.7. The summed E-state index contributed by atoms with van der Waals surface area (Å²) >= 11 is 3.56. The number of hydrogen-bond acceptors (Lipinski definition) is 4. The molecule has 6 aromatic heterocycles. The standard InChI is InChI=1S/C94H52N6S2/c95-53-76-88(98-80-37-16-10-30-66(80)67-31-11-17-38-81(67)98)90(100-83-52-59(63-34-20-24-57-42-41-56-23-4-5-27-62(56)86(57)63)44-46-69(83)73-48-50-75-71-33-13-19-40-85(71)102-94(75)92(73)100)77(54-96)87(97-78-35-14-8-28-64(78)65-29-9-15-36-79(65)97)89(76)99-82-51-58(61-26-7-6-25-60(61)55-21-2-1-3-22-55)43-45-68(82)72-47-49-74-70-32-12-18-39-84(70)101-93(74)91(72)99/h1-52H. The number of thiophene rings is 2. The van der Waals surface area contributed by atoms with Crippen LogP contribution in [0.25, 0.3) is 205 Å². The lowest BCUT2D eigenvalue weighted by Crippen LogP contribution is -2.16. The van der Waals surface area contributed by atoms with Gasteiger partial charge in [-0.2, -0.15) is 10.5 Å². The van der Waals surface area contributed by atoms with E-state index in [0.717, 1.165) is 166 Å². The monoisotopic (exact) mass is 1330 g/mol. The Morgan fingerprint density at radius 1 is 0.235 bits per heavy atom. The summed E-state index contributed by atoms with van der Waals surface area (Å²) in [4.78, 5) is 0. The highest BCUT2D eigenvalue weighted by molar-refractivity contribution is 7.27. The van der Waals surface area contributed by atoms with Gasteiger partial charge in [-0.1, -0.05) is 267 Å². The molecule has 16 aromatic carbocycles. The maximum Gasteiger partial charge on any atom is 0.104 e. The molecule has 6 nitrogen and oxygen atoms in total. The minimum absolute atomic E-state index is 0.398. The molecule has 0 saturated heterocycles. The Balaban J connectivity index is 1.01. The molecule has 0 N–H and O–H groups in total. The van der Waals surface area contributed by atoms with Crippen molar-refractivity contribution in [2.75, 3.05) is 0 Å². The van der Waals surface area contributed by atoms with Gasteiger partial charge in [-0.3, -0.25) is 0 Å². The molecule has 0 atom stereocenters. The van der Waals surface area contributed by atoms with Crippen LogP contribution in [0.15, 0.2) is 315 Å². The van der Waals surface area contributed by atoms with Crippen molar-refractivity contribution in [1.29, 1.82) is 10.5 Å². The fraction of sp³-hybridized carbons (Fsp3) is 0. The van der Waals surface area contributed by atoms with Crippen LogP contribution >= 0.6 is 22.7 Å². The fourth-order valence-electron chi connectivity index (χ4n) is 17.4. The summed E-state index contributed by atoms with van der Waals surface area (Å²) < 4.78 is 14.0. The van der Waals surface area contributed by atoms with Crippen LogP contribution in [0.2, 0.25) is 0 Å². The first-order valence-electron chi connectivity index (χ1n) is 34.4. The van der Waals surface area contributed by atoms with E-state index in [1.165, 1.54) is 16.2 Å². The number of para-hydroxylation sites is 4. The summed E-state index contributed by atoms with van der Waals surface area (Å²) in [6, 6.07) is 120. The highest BCUT2D eigenvalue weighted by Gasteiger charge is 2.36. The van der Waals surface area contributed by atoms with Gasteiger partial charge in [0.1, 0.15) is 23.3 Å². The van der Waals surface area contributed by atoms with Gasteiger partial charge in [-0.05, 0) is 103 Å². The first-order valence-corrected chi connectivity index (χ1v) is 36.1. The molecule has 0 aliphatic heterocycles. The van der Waals surface area contributed by atoms with Crippen LogP contribution in [-0.4, -0.2) is 18.3 Å². The smallest absolute Gasteiger partial charge is 0.104 e. The quantitative estimate of drug-likeness (QED) is 0.149. The molecule has 470 valence electrons. The average Bonchev–Trinajstić information content (AvgIpc) is 1.49. The number of fused-ring (bicyclic) bond motifs is 23. The molecular formula is C94H52N6S2. The van der Waals surface area contributed by atoms with Crippen molar-refractivity contribution < 1.29 is 0 Å². The molecule has 0 aliphatic rings. The van der Waals surface area contributed by atoms with Gasteiger partial charge >= 0.3 is 0 Å². The third-order valence-electron chi connectivity index (χ3n) is 21.6. The fourth-order valence-corrected chi connectivity index (χ4v) is 19.8. The van der Waals surface area contributed by atoms with Crippen molar-refractivity contribution in [2.24, 2.45) is 0 Å². The van der Waals surface area contributed by atoms with Crippen molar-refractivity contribution in [1.82, 2.24) is 18.3 Å². The molecule has 0 amide bonds. The van der Waals surface area contributed by atoms with Gasteiger partial charge in [0.2, 0.25) is 0 Å². The number of nitriles is 2. The van der Waals surface area contributed by atoms with Crippen molar-refractivity contribution in [3.05, 3.63) is 327 Å². The summed E-state index contributed by atoms with van der Waals surface area (Å²) in [5, 5.41) is 44.7. The summed E-state index contributed by atoms with van der Waals surface area (Å²) in [6.07, 6.45) is 0. The molecule has 0 fully saturated rings. The minimum Gasteiger partial charge on any atom is -0.306 e. The Morgan fingerprint density at radius 3 is 1.09 bits per heavy atom. The molecular weight excluding hydrogens is 1280 g/mol. The Labute approximate surface area is 591 Å². The van der Waals surface area contributed by atoms with E-state index in [4.69, 9.17) is 0 Å². The molecule has 6 heterocycles. The zero-order valence-electron chi connectivity index (χ0n) is 54.5. The van der Waals surface area contributed by atoms with E-state index in [1.54, 1.807) is 22.7 Å². The Morgan fingerprint density at radius 2 is 0.588 bits per heavy atom. The lowest BCUT2D eigenvalue weighted by atomic mass is 9.93. The summed E-state index contributed by atoms with van der Waals surface area (Å²) in [6.45, 7) is 0. The molecule has 22 aromatic rings. The van der Waals surface area contributed by atoms with Crippen molar-refractivity contribution >= 4 is 172 Å². The Hall–Kier alpha value is -13.3. The van der Waals surface area contributed by atoms with E-state index < -0.39 is 0 Å². The largest absolute Gasteiger partial charge is 0.306 e. The number of hydrogen-bond donors (Lipinski definition) is 0. The molecule has 0 aliphatic carbocycles. The predicted octanol–water partition coefficient (Wildman–Crippen LogP) is 25.9. The van der Waals surface area contributed by atoms with Gasteiger partial charge in [0.15, 0.2) is 0 Å². The molecule has 102 heavy (non-hydrogen) atoms. The van der Waals surface area contributed by atoms with Gasteiger partial charge < -0.3 is 18.3 Å². The third-order valence-corrected chi connectivity index (χ3v) is 24.0. The molecule has 22 rings (SSSR count). The molecule has 8 heteroatoms. The zero-order chi connectivity index (χ0) is 67.0. The third kappa shape index (κ3) is 7.79. The van der Waals surface area contributed by atoms with Crippen LogP contribution < -0.4 is 0 Å². The van der Waals surface area contributed by atoms with Crippen LogP contribution in [0.5, 0.6) is 0 Å². The van der Waals surface area contributed by atoms with Crippen LogP contribution in [0, 0.1) is 22.7 Å². The number of rotatable bonds is 7. The normalized spacial score (nSPS) is 12.1. The SMILES string of the molecule is N#Cc1c(-n2c3ccccc3c3ccccc32)c(-n2c3cc(-c4cccc5ccc6ccccc6c45)ccc3c3ccc4c5ccccc5sc4c32)c(C#N)c(-n2c3ccccc3c3ccccc32)c1-n1c2cc(-c3ccccc3-c3ccccc3)ccc2c2ccc3c4ccccc4sc3c21. The summed E-state index contributed by atoms with van der Waals surface area (Å²) in [5.74, 6) is 0. The van der Waals surface area contributed by atoms with Gasteiger partial charge in [0, 0.05) is 74.0 Å². The molecule has 0 radical (unpaired) electrons. The van der Waals surface area contributed by atoms with E-state index >= 15 is 0 Å². The molecule has 0 unspecified atom stereocenters. The maximum atomic E-state index is 13.7. The first kappa shape index (κ1) is 56.7. The van der Waals surface area contributed by atoms with Crippen LogP contribution in [0.4, 0.5) is 0 Å². The number of aromatic nitrogens is 4. The average molecular weight is 1330 g/mol. The topological polar surface area (TPSA) is 67.3 Å². The second-order valence-electron chi connectivity index (χ2n) is 26.7. The van der Waals surface area contributed by atoms with E-state index in [1.807, 2.05) is 0 Å². The Kier molecular flexibility index (Phi) is 12.0. The van der Waals surface area contributed by atoms with Crippen LogP contribution in [-0.2, 0) is 0 Å². The highest BCUT2D eigenvalue weighted by atomic mass is 32.1. The highest BCUT2D eigenvalue weighted by Crippen LogP contribution is 2.53. The second-order valence-corrected chi connectivity index (χ2v) is 28.8. The van der Waals surface area contributed by atoms with E-state index in [0.29, 0.717) is 33.9 Å². The molecule has 0 bridgehead atoms. The second kappa shape index (κ2) is 21.6. The van der Waals surface area contributed by atoms with Gasteiger partial charge in [-0.25, -0.2) is 0 Å². The number of nitrogens with zero attached hydrogens (tertiary/aromatic N) is 6. The van der Waals surface area contributed by atoms with E-state index in [-0.39, 0.29) is 0 Å². The van der Waals surface area contributed by atoms with Gasteiger partial charge in [0.25, 0.3) is 0 Å². The molecule has 0 spiro atoms. The van der Waals surface area contributed by atoms with Gasteiger partial charge in [0.05, 0.1) is 76.3 Å². The van der Waals surface area contributed by atoms with E-state index in [9.17, 15) is 10.5 Å². The molecule has 0 saturated carbocycles. The predicted molar refractivity (Wildman–Crippen MR) is 430 cm³/mol. The van der Waals surface area contributed by atoms with Crippen LogP contribution in [0.3, 0.4) is 0 Å². The van der Waals surface area contributed by atoms with Crippen LogP contribution in [0.1, 0.15) is 11.1 Å². The zero-order valence-corrected chi connectivity index (χ0v) is 56.2. The minimum atomic E-state index is 0.398. The van der Waals surface area contributed by atoms with E-state index in [2.05, 4.69) is 346 Å². The van der Waals surface area contributed by atoms with Crippen molar-refractivity contribution in [3.63, 3.8) is 0 Å².